The van der Waals surface area contributed by atoms with E-state index in [2.05, 4.69) is 19.2 Å². The molecular weight excluding hydrogens is 134 g/mol. The van der Waals surface area contributed by atoms with Crippen molar-refractivity contribution in [2.75, 3.05) is 6.54 Å². The van der Waals surface area contributed by atoms with Gasteiger partial charge in [0.25, 0.3) is 0 Å². The lowest BCUT2D eigenvalue weighted by Crippen LogP contribution is -2.33. The van der Waals surface area contributed by atoms with Crippen LogP contribution in [-0.4, -0.2) is 12.6 Å². The van der Waals surface area contributed by atoms with E-state index in [1.165, 1.54) is 38.6 Å². The first-order chi connectivity index (χ1) is 5.33. The molecule has 0 bridgehead atoms. The summed E-state index contributed by atoms with van der Waals surface area (Å²) in [6.07, 6.45) is 6.96. The van der Waals surface area contributed by atoms with Crippen LogP contribution in [0.5, 0.6) is 0 Å². The van der Waals surface area contributed by atoms with E-state index in [1.807, 2.05) is 0 Å². The average Bonchev–Trinajstić information content (AvgIpc) is 2.01. The second-order valence-electron chi connectivity index (χ2n) is 3.92. The zero-order valence-corrected chi connectivity index (χ0v) is 7.90. The van der Waals surface area contributed by atoms with Gasteiger partial charge < -0.3 is 5.32 Å². The Kier molecular flexibility index (Phi) is 3.92. The van der Waals surface area contributed by atoms with Gasteiger partial charge in [-0.25, -0.2) is 0 Å². The zero-order chi connectivity index (χ0) is 8.10. The summed E-state index contributed by atoms with van der Waals surface area (Å²) >= 11 is 0. The standard InChI is InChI=1S/C10H21N/c1-3-7-11-10-6-4-5-9(2)8-10/h9-11H,3-8H2,1-2H3/t9-,10-/m1/s1. The molecule has 0 amide bonds. The first kappa shape index (κ1) is 9.05. The lowest BCUT2D eigenvalue weighted by molar-refractivity contribution is 0.302. The van der Waals surface area contributed by atoms with Crippen molar-refractivity contribution >= 4 is 0 Å². The van der Waals surface area contributed by atoms with E-state index in [0.29, 0.717) is 0 Å². The van der Waals surface area contributed by atoms with Gasteiger partial charge in [-0.15, -0.1) is 0 Å². The maximum Gasteiger partial charge on any atom is 0.00695 e. The smallest absolute Gasteiger partial charge is 0.00695 e. The first-order valence-corrected chi connectivity index (χ1v) is 5.06. The minimum absolute atomic E-state index is 0.832. The third-order valence-corrected chi connectivity index (χ3v) is 2.62. The molecule has 66 valence electrons. The van der Waals surface area contributed by atoms with E-state index < -0.39 is 0 Å². The molecule has 1 aliphatic rings. The van der Waals surface area contributed by atoms with Gasteiger partial charge in [0.15, 0.2) is 0 Å². The molecule has 0 radical (unpaired) electrons. The van der Waals surface area contributed by atoms with Crippen molar-refractivity contribution in [2.45, 2.75) is 52.0 Å². The van der Waals surface area contributed by atoms with E-state index >= 15 is 0 Å². The van der Waals surface area contributed by atoms with Crippen LogP contribution in [0.3, 0.4) is 0 Å². The highest BCUT2D eigenvalue weighted by atomic mass is 14.9. The molecular formula is C10H21N. The van der Waals surface area contributed by atoms with Gasteiger partial charge in [-0.1, -0.05) is 26.7 Å². The van der Waals surface area contributed by atoms with E-state index in [0.717, 1.165) is 12.0 Å². The van der Waals surface area contributed by atoms with Crippen molar-refractivity contribution in [3.8, 4) is 0 Å². The molecule has 0 aromatic heterocycles. The average molecular weight is 155 g/mol. The Labute approximate surface area is 70.6 Å². The quantitative estimate of drug-likeness (QED) is 0.660. The van der Waals surface area contributed by atoms with Crippen LogP contribution in [0.4, 0.5) is 0 Å². The summed E-state index contributed by atoms with van der Waals surface area (Å²) in [6.45, 7) is 5.82. The molecule has 1 nitrogen and oxygen atoms in total. The fourth-order valence-corrected chi connectivity index (χ4v) is 1.97. The molecule has 0 unspecified atom stereocenters. The van der Waals surface area contributed by atoms with Crippen molar-refractivity contribution in [1.82, 2.24) is 5.32 Å². The Balaban J connectivity index is 2.12. The Bertz CT molecular complexity index is 101. The minimum atomic E-state index is 0.832. The van der Waals surface area contributed by atoms with E-state index in [1.54, 1.807) is 0 Å². The van der Waals surface area contributed by atoms with Gasteiger partial charge in [-0.05, 0) is 31.7 Å². The van der Waals surface area contributed by atoms with Crippen LogP contribution in [0.2, 0.25) is 0 Å². The topological polar surface area (TPSA) is 12.0 Å². The zero-order valence-electron chi connectivity index (χ0n) is 7.90. The molecule has 1 rings (SSSR count). The van der Waals surface area contributed by atoms with Gasteiger partial charge in [0.05, 0.1) is 0 Å². The minimum Gasteiger partial charge on any atom is -0.314 e. The third-order valence-electron chi connectivity index (χ3n) is 2.62. The van der Waals surface area contributed by atoms with Crippen LogP contribution < -0.4 is 5.32 Å². The predicted octanol–water partition coefficient (Wildman–Crippen LogP) is 2.56. The Morgan fingerprint density at radius 3 is 2.82 bits per heavy atom. The van der Waals surface area contributed by atoms with E-state index in [4.69, 9.17) is 0 Å². The maximum absolute atomic E-state index is 3.60. The second-order valence-corrected chi connectivity index (χ2v) is 3.92. The monoisotopic (exact) mass is 155 g/mol. The fourth-order valence-electron chi connectivity index (χ4n) is 1.97. The molecule has 1 N–H and O–H groups in total. The molecule has 1 heteroatoms. The molecule has 0 aromatic carbocycles. The summed E-state index contributed by atoms with van der Waals surface area (Å²) in [6, 6.07) is 0.832. The van der Waals surface area contributed by atoms with Gasteiger partial charge in [-0.2, -0.15) is 0 Å². The van der Waals surface area contributed by atoms with Crippen LogP contribution in [0, 0.1) is 5.92 Å². The molecule has 0 saturated heterocycles. The Morgan fingerprint density at radius 2 is 2.18 bits per heavy atom. The highest BCUT2D eigenvalue weighted by molar-refractivity contribution is 4.75. The fraction of sp³-hybridized carbons (Fsp3) is 1.00. The van der Waals surface area contributed by atoms with Crippen LogP contribution >= 0.6 is 0 Å². The lowest BCUT2D eigenvalue weighted by atomic mass is 9.87. The van der Waals surface area contributed by atoms with Gasteiger partial charge in [0.1, 0.15) is 0 Å². The van der Waals surface area contributed by atoms with Gasteiger partial charge in [0.2, 0.25) is 0 Å². The molecule has 0 spiro atoms. The number of hydrogen-bond donors (Lipinski definition) is 1. The van der Waals surface area contributed by atoms with Crippen molar-refractivity contribution in [3.05, 3.63) is 0 Å². The molecule has 0 heterocycles. The van der Waals surface area contributed by atoms with Gasteiger partial charge in [0, 0.05) is 6.04 Å². The van der Waals surface area contributed by atoms with Crippen molar-refractivity contribution < 1.29 is 0 Å². The summed E-state index contributed by atoms with van der Waals surface area (Å²) in [5.41, 5.74) is 0. The summed E-state index contributed by atoms with van der Waals surface area (Å²) < 4.78 is 0. The van der Waals surface area contributed by atoms with Gasteiger partial charge >= 0.3 is 0 Å². The molecule has 1 saturated carbocycles. The maximum atomic E-state index is 3.60. The lowest BCUT2D eigenvalue weighted by Gasteiger charge is -2.27. The number of rotatable bonds is 3. The molecule has 1 aliphatic carbocycles. The first-order valence-electron chi connectivity index (χ1n) is 5.06. The highest BCUT2D eigenvalue weighted by Gasteiger charge is 2.17. The molecule has 11 heavy (non-hydrogen) atoms. The van der Waals surface area contributed by atoms with Crippen LogP contribution in [0.25, 0.3) is 0 Å². The van der Waals surface area contributed by atoms with Crippen LogP contribution in [-0.2, 0) is 0 Å². The predicted molar refractivity (Wildman–Crippen MR) is 49.7 cm³/mol. The number of nitrogens with one attached hydrogen (secondary N) is 1. The normalized spacial score (nSPS) is 32.2. The van der Waals surface area contributed by atoms with E-state index in [9.17, 15) is 0 Å². The molecule has 2 atom stereocenters. The molecule has 1 fully saturated rings. The van der Waals surface area contributed by atoms with Gasteiger partial charge in [-0.3, -0.25) is 0 Å². The van der Waals surface area contributed by atoms with Crippen LogP contribution in [0.15, 0.2) is 0 Å². The van der Waals surface area contributed by atoms with Crippen LogP contribution in [0.1, 0.15) is 46.0 Å². The third kappa shape index (κ3) is 3.24. The molecule has 0 aliphatic heterocycles. The summed E-state index contributed by atoms with van der Waals surface area (Å²) in [5.74, 6) is 0.957. The van der Waals surface area contributed by atoms with Crippen molar-refractivity contribution in [3.63, 3.8) is 0 Å². The van der Waals surface area contributed by atoms with Crippen molar-refractivity contribution in [1.29, 1.82) is 0 Å². The largest absolute Gasteiger partial charge is 0.314 e. The van der Waals surface area contributed by atoms with E-state index in [-0.39, 0.29) is 0 Å². The SMILES string of the molecule is CCCN[C@@H]1CCC[C@@H](C)C1. The molecule has 0 aromatic rings. The highest BCUT2D eigenvalue weighted by Crippen LogP contribution is 2.23. The summed E-state index contributed by atoms with van der Waals surface area (Å²) in [7, 11) is 0. The Morgan fingerprint density at radius 1 is 1.36 bits per heavy atom. The summed E-state index contributed by atoms with van der Waals surface area (Å²) in [5, 5.41) is 3.60. The summed E-state index contributed by atoms with van der Waals surface area (Å²) in [4.78, 5) is 0. The van der Waals surface area contributed by atoms with Crippen molar-refractivity contribution in [2.24, 2.45) is 5.92 Å². The number of hydrogen-bond acceptors (Lipinski definition) is 1. The Hall–Kier alpha value is -0.0400. The second kappa shape index (κ2) is 4.76.